The first-order chi connectivity index (χ1) is 43.7. The van der Waals surface area contributed by atoms with Crippen molar-refractivity contribution in [3.05, 3.63) is 62.6 Å². The number of rotatable bonds is 37. The molecule has 3 saturated carbocycles. The summed E-state index contributed by atoms with van der Waals surface area (Å²) in [6.07, 6.45) is 3.46. The number of carbonyl (C=O) groups excluding carboxylic acids is 11. The number of aliphatic carboxylic acids is 1. The molecule has 2 unspecified atom stereocenters. The predicted octanol–water partition coefficient (Wildman–Crippen LogP) is 2.89. The van der Waals surface area contributed by atoms with Crippen molar-refractivity contribution in [1.29, 1.82) is 0 Å². The largest absolute Gasteiger partial charge is 0.481 e. The quantitative estimate of drug-likeness (QED) is 0.0156. The second-order valence-corrected chi connectivity index (χ2v) is 25.3. The molecule has 3 fully saturated rings. The van der Waals surface area contributed by atoms with Gasteiger partial charge >= 0.3 is 18.0 Å². The molecule has 0 bridgehead atoms. The first kappa shape index (κ1) is 74.5. The Kier molecular flexibility index (Phi) is 28.0. The number of ether oxygens (including phenoxy) is 7. The van der Waals surface area contributed by atoms with E-state index in [1.807, 2.05) is 20.8 Å². The Morgan fingerprint density at radius 3 is 2.02 bits per heavy atom. The number of imide groups is 1. The highest BCUT2D eigenvalue weighted by molar-refractivity contribution is 9.14. The van der Waals surface area contributed by atoms with E-state index in [2.05, 4.69) is 63.8 Å². The molecule has 31 heteroatoms. The van der Waals surface area contributed by atoms with Gasteiger partial charge in [-0.1, -0.05) is 51.5 Å². The van der Waals surface area contributed by atoms with Gasteiger partial charge in [0.2, 0.25) is 35.3 Å². The third-order valence-electron chi connectivity index (χ3n) is 17.3. The Bertz CT molecular complexity index is 3000. The van der Waals surface area contributed by atoms with Crippen LogP contribution in [0.2, 0.25) is 0 Å². The van der Waals surface area contributed by atoms with Crippen LogP contribution in [0.4, 0.5) is 10.5 Å². The van der Waals surface area contributed by atoms with Crippen molar-refractivity contribution in [2.24, 2.45) is 28.6 Å². The predicted molar refractivity (Wildman–Crippen MR) is 333 cm³/mol. The zero-order valence-corrected chi connectivity index (χ0v) is 55.6. The number of nitrogens with zero attached hydrogens (tertiary/aromatic N) is 1. The number of alkyl carbamates (subject to hydrolysis) is 1. The van der Waals surface area contributed by atoms with Gasteiger partial charge in [-0.05, 0) is 106 Å². The minimum Gasteiger partial charge on any atom is -0.481 e. The first-order valence-corrected chi connectivity index (χ1v) is 32.2. The van der Waals surface area contributed by atoms with Crippen LogP contribution in [0.5, 0.6) is 0 Å². The van der Waals surface area contributed by atoms with Gasteiger partial charge in [-0.2, -0.15) is 0 Å². The van der Waals surface area contributed by atoms with Crippen LogP contribution in [-0.4, -0.2) is 201 Å². The molecule has 1 aliphatic heterocycles. The van der Waals surface area contributed by atoms with E-state index in [-0.39, 0.29) is 143 Å². The lowest BCUT2D eigenvalue weighted by Gasteiger charge is -2.64. The number of benzene rings is 1. The molecule has 0 spiro atoms. The van der Waals surface area contributed by atoms with E-state index in [4.69, 9.17) is 44.8 Å². The number of Topliss-reactive ketones (excluding diaryl/α,β-unsaturated/α-hetero) is 1. The average molecular weight is 1440 g/mol. The van der Waals surface area contributed by atoms with E-state index in [1.165, 1.54) is 30.3 Å². The summed E-state index contributed by atoms with van der Waals surface area (Å²) in [7, 11) is 0. The number of esters is 1. The molecule has 0 saturated heterocycles. The summed E-state index contributed by atoms with van der Waals surface area (Å²) >= 11 is 13.7. The van der Waals surface area contributed by atoms with Gasteiger partial charge in [0.25, 0.3) is 11.8 Å². The van der Waals surface area contributed by atoms with Crippen LogP contribution in [0.3, 0.4) is 0 Å². The molecule has 28 nitrogen and oxygen atoms in total. The number of allylic oxidation sites excluding steroid dienone is 4. The number of nitrogens with one attached hydrogen (secondary N) is 6. The summed E-state index contributed by atoms with van der Waals surface area (Å²) in [5.74, 6) is -7.64. The van der Waals surface area contributed by atoms with Gasteiger partial charge in [0.1, 0.15) is 41.5 Å². The zero-order chi connectivity index (χ0) is 67.4. The Morgan fingerprint density at radius 1 is 0.761 bits per heavy atom. The summed E-state index contributed by atoms with van der Waals surface area (Å²) in [6.45, 7) is 6.84. The molecular formula is C61H80Br2ClN7O21. The molecular weight excluding hydrogens is 1360 g/mol. The van der Waals surface area contributed by atoms with Crippen LogP contribution >= 0.6 is 43.5 Å². The Hall–Kier alpha value is -6.51. The molecule has 5 aliphatic rings. The third kappa shape index (κ3) is 18.7. The van der Waals surface area contributed by atoms with E-state index >= 15 is 0 Å². The molecule has 506 valence electrons. The number of halogens is 3. The number of carboxylic acids is 1. The molecule has 8 N–H and O–H groups in total. The Morgan fingerprint density at radius 2 is 1.38 bits per heavy atom. The lowest BCUT2D eigenvalue weighted by Crippen LogP contribution is -2.69. The molecule has 1 aromatic carbocycles. The molecule has 0 radical (unpaired) electrons. The van der Waals surface area contributed by atoms with Gasteiger partial charge in [0.05, 0.1) is 70.4 Å². The van der Waals surface area contributed by atoms with Crippen molar-refractivity contribution in [2.45, 2.75) is 115 Å². The number of hydrogen-bond acceptors (Lipinski definition) is 20. The van der Waals surface area contributed by atoms with Crippen LogP contribution in [0.25, 0.3) is 0 Å². The van der Waals surface area contributed by atoms with Gasteiger partial charge in [-0.3, -0.25) is 57.6 Å². The molecule has 6 rings (SSSR count). The standard InChI is InChI=1S/C61H80Br2ClN7O21/c1-5-51(81)92-61(36(2)28-42-41-11-8-38-29-40(72)14-17-58(38,3)60(41,64)44(73)30-59(42,61)4)45(74)34-90-35-68-48(77)31-67-57(85)91-33-37-6-9-39(10-7-37)69-54(82)43(12-13-50(79)80)70-49(78)32-66-47(76)16-20-86-22-24-88-26-27-89-25-23-87-21-18-65-46(75)15-19-71-55(83)52(62)53(63)56(71)84/h6-7,9-10,14,17,29,36,41-44,73H,5,8,11-13,15-16,18-28,30-35H2,1-4H3,(H,65,75)(H,66,76)(H,67,85)(H,68,77)(H,69,82)(H,70,78)(H,79,80)/t36-,41?,42?,43-,44-,58-,59-,60-,61-/m0/s1. The fraction of sp³-hybridized carbons (Fsp3) is 0.607. The summed E-state index contributed by atoms with van der Waals surface area (Å²) in [5.41, 5.74) is -2.02. The van der Waals surface area contributed by atoms with Crippen molar-refractivity contribution >= 4 is 120 Å². The normalized spacial score (nSPS) is 24.9. The summed E-state index contributed by atoms with van der Waals surface area (Å²) < 4.78 is 39.0. The number of alkyl halides is 1. The van der Waals surface area contributed by atoms with Crippen LogP contribution in [0, 0.1) is 28.6 Å². The summed E-state index contributed by atoms with van der Waals surface area (Å²) in [4.78, 5) is 151. The third-order valence-corrected chi connectivity index (χ3v) is 20.2. The topological polar surface area (TPSA) is 385 Å². The number of aliphatic hydroxyl groups excluding tert-OH is 1. The van der Waals surface area contributed by atoms with Gasteiger partial charge < -0.3 is 75.3 Å². The molecule has 8 amide bonds. The number of carbonyl (C=O) groups is 12. The molecule has 0 aromatic heterocycles. The highest BCUT2D eigenvalue weighted by Crippen LogP contribution is 2.72. The smallest absolute Gasteiger partial charge is 0.407 e. The van der Waals surface area contributed by atoms with Gasteiger partial charge in [0, 0.05) is 61.2 Å². The fourth-order valence-electron chi connectivity index (χ4n) is 12.6. The number of aliphatic hydroxyl groups is 1. The van der Waals surface area contributed by atoms with E-state index in [0.717, 1.165) is 10.5 Å². The second kappa shape index (κ2) is 34.6. The number of ketones is 2. The van der Waals surface area contributed by atoms with E-state index in [1.54, 1.807) is 19.1 Å². The molecule has 1 aromatic rings. The second-order valence-electron chi connectivity index (χ2n) is 23.1. The van der Waals surface area contributed by atoms with E-state index in [9.17, 15) is 67.7 Å². The molecule has 9 atom stereocenters. The summed E-state index contributed by atoms with van der Waals surface area (Å²) in [5, 5.41) is 36.2. The highest BCUT2D eigenvalue weighted by atomic mass is 79.9. The van der Waals surface area contributed by atoms with Gasteiger partial charge in [0.15, 0.2) is 11.4 Å². The molecule has 4 aliphatic carbocycles. The van der Waals surface area contributed by atoms with E-state index < -0.39 is 131 Å². The van der Waals surface area contributed by atoms with Crippen molar-refractivity contribution in [3.8, 4) is 0 Å². The molecule has 1 heterocycles. The van der Waals surface area contributed by atoms with E-state index in [0.29, 0.717) is 24.8 Å². The van der Waals surface area contributed by atoms with Crippen LogP contribution in [0.15, 0.2) is 57.0 Å². The SMILES string of the molecule is CCC(=O)O[C@]1(C(=O)COCNC(=O)CNC(=O)OCc2ccc(NC(=O)[C@H](CCC(=O)O)NC(=O)CNC(=O)CCOCCOCCOCCOCCNC(=O)CCN3C(=O)C(Br)=C(Br)C3=O)cc2)[C@@H](C)CC2C3CCC4=CC(=O)C=C[C@]4(C)[C@@]3(Cl)[C@@H](O)C[C@@]21C. The maximum Gasteiger partial charge on any atom is 0.407 e. The minimum absolute atomic E-state index is 0.0122. The molecule has 92 heavy (non-hydrogen) atoms. The average Bonchev–Trinajstić information content (AvgIpc) is 1.33. The van der Waals surface area contributed by atoms with Crippen molar-refractivity contribution in [2.75, 3.05) is 97.7 Å². The highest BCUT2D eigenvalue weighted by Gasteiger charge is 2.76. The van der Waals surface area contributed by atoms with Crippen molar-refractivity contribution in [1.82, 2.24) is 31.5 Å². The van der Waals surface area contributed by atoms with Gasteiger partial charge in [-0.25, -0.2) is 4.79 Å². The van der Waals surface area contributed by atoms with Gasteiger partial charge in [-0.15, -0.1) is 11.6 Å². The van der Waals surface area contributed by atoms with Crippen molar-refractivity contribution < 1.29 is 101 Å². The number of hydrogen-bond donors (Lipinski definition) is 8. The maximum atomic E-state index is 14.5. The number of fused-ring (bicyclic) bond motifs is 5. The number of carboxylic acid groups (broad SMARTS) is 1. The van der Waals surface area contributed by atoms with Crippen LogP contribution in [0.1, 0.15) is 91.0 Å². The number of amides is 8. The fourth-order valence-corrected chi connectivity index (χ4v) is 13.9. The zero-order valence-electron chi connectivity index (χ0n) is 51.6. The number of anilines is 1. The van der Waals surface area contributed by atoms with Crippen LogP contribution in [-0.2, 0) is 92.5 Å². The Balaban J connectivity index is 0.807. The minimum atomic E-state index is -1.70. The Labute approximate surface area is 553 Å². The van der Waals surface area contributed by atoms with Crippen molar-refractivity contribution in [3.63, 3.8) is 0 Å². The lowest BCUT2D eigenvalue weighted by molar-refractivity contribution is -0.203. The monoisotopic (exact) mass is 1440 g/mol. The maximum absolute atomic E-state index is 14.5. The lowest BCUT2D eigenvalue weighted by atomic mass is 9.45. The summed E-state index contributed by atoms with van der Waals surface area (Å²) in [6, 6.07) is 4.70. The van der Waals surface area contributed by atoms with Crippen LogP contribution < -0.4 is 31.9 Å². The first-order valence-electron chi connectivity index (χ1n) is 30.2.